The van der Waals surface area contributed by atoms with Crippen LogP contribution in [0.15, 0.2) is 57.5 Å². The quantitative estimate of drug-likeness (QED) is 0.249. The fraction of sp³-hybridized carbons (Fsp3) is 0.308. The van der Waals surface area contributed by atoms with Crippen LogP contribution in [0.1, 0.15) is 48.5 Å². The van der Waals surface area contributed by atoms with Crippen molar-refractivity contribution >= 4 is 39.2 Å². The molecule has 2 aromatic carbocycles. The molecule has 0 bridgehead atoms. The lowest BCUT2D eigenvalue weighted by Crippen LogP contribution is -2.31. The topological polar surface area (TPSA) is 98.9 Å². The van der Waals surface area contributed by atoms with Gasteiger partial charge in [0.15, 0.2) is 23.1 Å². The molecule has 1 aromatic heterocycles. The summed E-state index contributed by atoms with van der Waals surface area (Å²) >= 11 is 3.35. The van der Waals surface area contributed by atoms with Crippen molar-refractivity contribution in [3.05, 3.63) is 69.9 Å². The molecule has 0 radical (unpaired) electrons. The van der Waals surface area contributed by atoms with Crippen LogP contribution in [-0.2, 0) is 15.0 Å². The number of ether oxygens (including phenoxy) is 2. The van der Waals surface area contributed by atoms with Gasteiger partial charge in [0.05, 0.1) is 20.3 Å². The first-order chi connectivity index (χ1) is 16.6. The first-order valence-corrected chi connectivity index (χ1v) is 11.7. The highest BCUT2D eigenvalue weighted by Crippen LogP contribution is 2.43. The Balaban J connectivity index is 1.88. The summed E-state index contributed by atoms with van der Waals surface area (Å²) in [6.07, 6.45) is 0. The average Bonchev–Trinajstić information content (AvgIpc) is 3.42. The predicted molar refractivity (Wildman–Crippen MR) is 132 cm³/mol. The number of hydrogen-bond acceptors (Lipinski definition) is 7. The third-order valence-corrected chi connectivity index (χ3v) is 6.48. The van der Waals surface area contributed by atoms with E-state index in [0.29, 0.717) is 28.4 Å². The molecule has 4 rings (SSSR count). The zero-order valence-corrected chi connectivity index (χ0v) is 21.6. The van der Waals surface area contributed by atoms with Crippen LogP contribution in [0.25, 0.3) is 0 Å². The molecule has 8 nitrogen and oxygen atoms in total. The monoisotopic (exact) mass is 540 g/mol. The molecule has 1 fully saturated rings. The van der Waals surface area contributed by atoms with Crippen molar-refractivity contribution < 1.29 is 28.4 Å². The number of ketones is 2. The smallest absolute Gasteiger partial charge is 0.297 e. The van der Waals surface area contributed by atoms with Gasteiger partial charge in [0.1, 0.15) is 11.7 Å². The number of amides is 1. The van der Waals surface area contributed by atoms with Gasteiger partial charge in [-0.25, -0.2) is 0 Å². The normalized spacial score (nSPS) is 18.2. The van der Waals surface area contributed by atoms with Gasteiger partial charge in [0, 0.05) is 21.5 Å². The van der Waals surface area contributed by atoms with E-state index in [2.05, 4.69) is 21.1 Å². The van der Waals surface area contributed by atoms with Crippen LogP contribution in [-0.4, -0.2) is 36.8 Å². The van der Waals surface area contributed by atoms with Gasteiger partial charge in [-0.15, -0.1) is 0 Å². The second-order valence-electron chi connectivity index (χ2n) is 9.25. The molecular formula is C26H25BrN2O6. The molecule has 0 spiro atoms. The Kier molecular flexibility index (Phi) is 6.55. The van der Waals surface area contributed by atoms with E-state index in [1.807, 2.05) is 20.8 Å². The second-order valence-corrected chi connectivity index (χ2v) is 10.2. The third-order valence-electron chi connectivity index (χ3n) is 5.95. The number of benzene rings is 2. The summed E-state index contributed by atoms with van der Waals surface area (Å²) in [6, 6.07) is 12.4. The number of aromatic nitrogens is 1. The van der Waals surface area contributed by atoms with Gasteiger partial charge in [0.2, 0.25) is 5.78 Å². The zero-order chi connectivity index (χ0) is 25.5. The third kappa shape index (κ3) is 4.48. The average molecular weight is 541 g/mol. The highest BCUT2D eigenvalue weighted by Gasteiger charge is 2.53. The minimum absolute atomic E-state index is 0.166. The Hall–Kier alpha value is -3.46. The Morgan fingerprint density at radius 3 is 2.23 bits per heavy atom. The molecule has 1 saturated heterocycles. The zero-order valence-electron chi connectivity index (χ0n) is 20.0. The molecule has 0 saturated carbocycles. The van der Waals surface area contributed by atoms with Crippen molar-refractivity contribution in [2.75, 3.05) is 19.1 Å². The van der Waals surface area contributed by atoms with Crippen LogP contribution >= 0.6 is 15.9 Å². The van der Waals surface area contributed by atoms with E-state index < -0.39 is 29.4 Å². The first kappa shape index (κ1) is 24.7. The lowest BCUT2D eigenvalue weighted by molar-refractivity contribution is -0.135. The number of rotatable bonds is 6. The van der Waals surface area contributed by atoms with Gasteiger partial charge in [-0.1, -0.05) is 60.1 Å². The fourth-order valence-corrected chi connectivity index (χ4v) is 4.35. The SMILES string of the molecule is COc1ccc(C2C(C(=O)c3ccc(Br)cc3)C(=O)C(=O)N2c2cc(C(C)(C)C)on2)cc1OC. The van der Waals surface area contributed by atoms with Crippen LogP contribution < -0.4 is 14.4 Å². The van der Waals surface area contributed by atoms with Crippen molar-refractivity contribution in [2.45, 2.75) is 32.2 Å². The highest BCUT2D eigenvalue weighted by molar-refractivity contribution is 9.10. The summed E-state index contributed by atoms with van der Waals surface area (Å²) in [6.45, 7) is 5.83. The van der Waals surface area contributed by atoms with Crippen LogP contribution in [0.4, 0.5) is 5.82 Å². The van der Waals surface area contributed by atoms with Crippen LogP contribution in [0.3, 0.4) is 0 Å². The van der Waals surface area contributed by atoms with Gasteiger partial charge in [0.25, 0.3) is 5.91 Å². The maximum atomic E-state index is 13.6. The molecule has 1 aliphatic rings. The highest BCUT2D eigenvalue weighted by atomic mass is 79.9. The Morgan fingerprint density at radius 1 is 1.00 bits per heavy atom. The molecule has 1 amide bonds. The van der Waals surface area contributed by atoms with E-state index in [1.54, 1.807) is 48.5 Å². The number of nitrogens with zero attached hydrogens (tertiary/aromatic N) is 2. The van der Waals surface area contributed by atoms with E-state index in [4.69, 9.17) is 14.0 Å². The van der Waals surface area contributed by atoms with E-state index in [1.165, 1.54) is 19.1 Å². The largest absolute Gasteiger partial charge is 0.493 e. The van der Waals surface area contributed by atoms with Gasteiger partial charge in [-0.3, -0.25) is 19.3 Å². The number of Topliss-reactive ketones (excluding diaryl/α,β-unsaturated/α-hetero) is 2. The van der Waals surface area contributed by atoms with Gasteiger partial charge in [-0.05, 0) is 29.8 Å². The minimum atomic E-state index is -1.28. The molecule has 182 valence electrons. The minimum Gasteiger partial charge on any atom is -0.493 e. The molecule has 2 heterocycles. The molecule has 9 heteroatoms. The summed E-state index contributed by atoms with van der Waals surface area (Å²) < 4.78 is 17.1. The number of methoxy groups -OCH3 is 2. The van der Waals surface area contributed by atoms with Crippen molar-refractivity contribution in [1.29, 1.82) is 0 Å². The lowest BCUT2D eigenvalue weighted by atomic mass is 9.86. The number of halogens is 1. The van der Waals surface area contributed by atoms with Crippen LogP contribution in [0.2, 0.25) is 0 Å². The van der Waals surface area contributed by atoms with Gasteiger partial charge < -0.3 is 14.0 Å². The summed E-state index contributed by atoms with van der Waals surface area (Å²) in [7, 11) is 3.00. The summed E-state index contributed by atoms with van der Waals surface area (Å²) in [5, 5.41) is 4.08. The van der Waals surface area contributed by atoms with Crippen LogP contribution in [0.5, 0.6) is 11.5 Å². The van der Waals surface area contributed by atoms with E-state index in [-0.39, 0.29) is 11.2 Å². The molecule has 3 aromatic rings. The van der Waals surface area contributed by atoms with E-state index in [9.17, 15) is 14.4 Å². The number of carbonyl (C=O) groups is 3. The molecule has 2 unspecified atom stereocenters. The van der Waals surface area contributed by atoms with Crippen molar-refractivity contribution in [1.82, 2.24) is 5.16 Å². The summed E-state index contributed by atoms with van der Waals surface area (Å²) in [5.41, 5.74) is 0.476. The number of hydrogen-bond donors (Lipinski definition) is 0. The Bertz CT molecular complexity index is 1290. The first-order valence-electron chi connectivity index (χ1n) is 10.9. The maximum Gasteiger partial charge on any atom is 0.297 e. The Morgan fingerprint density at radius 2 is 1.66 bits per heavy atom. The van der Waals surface area contributed by atoms with Gasteiger partial charge >= 0.3 is 0 Å². The second kappa shape index (κ2) is 9.30. The van der Waals surface area contributed by atoms with E-state index in [0.717, 1.165) is 4.47 Å². The maximum absolute atomic E-state index is 13.6. The summed E-state index contributed by atoms with van der Waals surface area (Å²) in [5.74, 6) is -1.78. The van der Waals surface area contributed by atoms with Gasteiger partial charge in [-0.2, -0.15) is 0 Å². The molecule has 35 heavy (non-hydrogen) atoms. The fourth-order valence-electron chi connectivity index (χ4n) is 4.08. The van der Waals surface area contributed by atoms with Crippen LogP contribution in [0, 0.1) is 5.92 Å². The lowest BCUT2D eigenvalue weighted by Gasteiger charge is -2.25. The van der Waals surface area contributed by atoms with Crippen molar-refractivity contribution in [3.8, 4) is 11.5 Å². The Labute approximate surface area is 211 Å². The predicted octanol–water partition coefficient (Wildman–Crippen LogP) is 4.91. The number of carbonyl (C=O) groups excluding carboxylic acids is 3. The summed E-state index contributed by atoms with van der Waals surface area (Å²) in [4.78, 5) is 41.4. The standard InChI is InChI=1S/C26H25BrN2O6/c1-26(2,3)19-13-20(28-35-19)29-22(15-8-11-17(33-4)18(12-15)34-5)21(24(31)25(29)32)23(30)14-6-9-16(27)10-7-14/h6-13,21-22H,1-5H3. The molecular weight excluding hydrogens is 516 g/mol. The van der Waals surface area contributed by atoms with E-state index >= 15 is 0 Å². The number of anilines is 1. The molecule has 1 aliphatic heterocycles. The molecule has 0 aliphatic carbocycles. The van der Waals surface area contributed by atoms with Crippen molar-refractivity contribution in [3.63, 3.8) is 0 Å². The molecule has 0 N–H and O–H groups in total. The molecule has 2 atom stereocenters. The van der Waals surface area contributed by atoms with Crippen molar-refractivity contribution in [2.24, 2.45) is 5.92 Å².